The van der Waals surface area contributed by atoms with E-state index < -0.39 is 12.7 Å². The Morgan fingerprint density at radius 1 is 0.719 bits per heavy atom. The van der Waals surface area contributed by atoms with Crippen molar-refractivity contribution in [1.82, 2.24) is 30.2 Å². The van der Waals surface area contributed by atoms with Crippen molar-refractivity contribution in [2.24, 2.45) is 11.8 Å². The molecule has 4 aromatic carbocycles. The number of nitrogens with zero attached hydrogens (tertiary/aromatic N) is 5. The zero-order valence-electron chi connectivity index (χ0n) is 35.6. The summed E-state index contributed by atoms with van der Waals surface area (Å²) in [6.45, 7) is 3.86. The van der Waals surface area contributed by atoms with Gasteiger partial charge >= 0.3 is 0 Å². The first-order valence-corrected chi connectivity index (χ1v) is 21.9. The first kappa shape index (κ1) is 46.9. The smallest absolute Gasteiger partial charge is 0.246 e. The number of amides is 1. The maximum Gasteiger partial charge on any atom is 0.246 e. The van der Waals surface area contributed by atoms with Gasteiger partial charge in [-0.3, -0.25) is 4.79 Å². The molecule has 0 saturated carbocycles. The molecule has 4 atom stereocenters. The van der Waals surface area contributed by atoms with Crippen molar-refractivity contribution in [2.45, 2.75) is 37.8 Å². The SMILES string of the molecule is C=CC(=O)N1C[C@@H](Cc2ncc3cc(-c4c(Cl)c(OC)cc(OC)c4Cl)ccc3n2)C[C@H]1CF.COc1cc(OC)c(Cl)c(-c2ccc3nc(C[C@@H]4CN[C@H](CF)C4)ncc3c2)c1Cl. The van der Waals surface area contributed by atoms with Gasteiger partial charge in [-0.25, -0.2) is 28.7 Å². The number of hydrogen-bond donors (Lipinski definition) is 1. The first-order valence-electron chi connectivity index (χ1n) is 20.4. The molecule has 8 rings (SSSR count). The molecule has 2 aliphatic heterocycles. The molecule has 1 N–H and O–H groups in total. The molecular weight excluding hydrogens is 908 g/mol. The molecule has 0 aliphatic carbocycles. The van der Waals surface area contributed by atoms with Crippen molar-refractivity contribution < 1.29 is 32.5 Å². The standard InChI is InChI=1S/C25H24Cl2FN3O3.C22H22Cl2FN3O2/c1-4-22(32)31-13-14(7-17(31)11-28)8-21-29-12-16-9-15(5-6-18(16)30-21)23-24(26)19(33-2)10-20(34-3)25(23)27;1-29-17-8-18(30-2)22(24)20(21(17)23)13-3-4-16-14(7-13)11-27-19(28-16)6-12-5-15(9-25)26-10-12/h4-6,9-10,12,14,17H,1,7-8,11,13H2,2-3H3;3-4,7-8,11-12,15,26H,5-6,9-10H2,1-2H3/t14-,17+;12-,15+/m11/s1. The molecule has 336 valence electrons. The van der Waals surface area contributed by atoms with Gasteiger partial charge in [0.15, 0.2) is 0 Å². The van der Waals surface area contributed by atoms with E-state index in [-0.39, 0.29) is 24.5 Å². The van der Waals surface area contributed by atoms with Crippen LogP contribution in [-0.2, 0) is 17.6 Å². The van der Waals surface area contributed by atoms with Crippen LogP contribution in [0.2, 0.25) is 20.1 Å². The van der Waals surface area contributed by atoms with E-state index >= 15 is 0 Å². The Hall–Kier alpha value is -5.05. The van der Waals surface area contributed by atoms with Crippen LogP contribution < -0.4 is 24.3 Å². The molecule has 0 bridgehead atoms. The van der Waals surface area contributed by atoms with Crippen LogP contribution in [0.4, 0.5) is 8.78 Å². The fourth-order valence-corrected chi connectivity index (χ4v) is 9.75. The molecule has 4 heterocycles. The van der Waals surface area contributed by atoms with E-state index in [1.807, 2.05) is 36.4 Å². The van der Waals surface area contributed by atoms with Crippen molar-refractivity contribution in [2.75, 3.05) is 54.9 Å². The second kappa shape index (κ2) is 20.8. The number of ether oxygens (including phenoxy) is 4. The Morgan fingerprint density at radius 2 is 1.19 bits per heavy atom. The van der Waals surface area contributed by atoms with E-state index in [9.17, 15) is 13.6 Å². The Labute approximate surface area is 390 Å². The maximum atomic E-state index is 13.4. The number of carbonyl (C=O) groups is 1. The molecule has 64 heavy (non-hydrogen) atoms. The third-order valence-corrected chi connectivity index (χ3v) is 13.1. The number of alkyl halides is 2. The van der Waals surface area contributed by atoms with E-state index in [4.69, 9.17) is 65.4 Å². The summed E-state index contributed by atoms with van der Waals surface area (Å²) >= 11 is 26.2. The van der Waals surface area contributed by atoms with Gasteiger partial charge in [-0.05, 0) is 72.7 Å². The number of aromatic nitrogens is 4. The number of methoxy groups -OCH3 is 4. The number of halogens is 6. The summed E-state index contributed by atoms with van der Waals surface area (Å²) in [5, 5.41) is 6.47. The summed E-state index contributed by atoms with van der Waals surface area (Å²) in [7, 11) is 6.15. The lowest BCUT2D eigenvalue weighted by Crippen LogP contribution is -2.35. The summed E-state index contributed by atoms with van der Waals surface area (Å²) < 4.78 is 47.7. The Balaban J connectivity index is 0.000000193. The highest BCUT2D eigenvalue weighted by molar-refractivity contribution is 6.42. The van der Waals surface area contributed by atoms with E-state index in [2.05, 4.69) is 31.8 Å². The van der Waals surface area contributed by atoms with Gasteiger partial charge in [-0.15, -0.1) is 0 Å². The number of benzene rings is 4. The predicted octanol–water partition coefficient (Wildman–Crippen LogP) is 10.6. The van der Waals surface area contributed by atoms with Crippen LogP contribution in [0, 0.1) is 11.8 Å². The van der Waals surface area contributed by atoms with Crippen LogP contribution in [0.25, 0.3) is 44.1 Å². The van der Waals surface area contributed by atoms with E-state index in [1.165, 1.54) is 20.3 Å². The normalized spacial score (nSPS) is 18.2. The molecule has 11 nitrogen and oxygen atoms in total. The molecule has 2 aliphatic rings. The highest BCUT2D eigenvalue weighted by Gasteiger charge is 2.35. The van der Waals surface area contributed by atoms with Gasteiger partial charge in [0.25, 0.3) is 0 Å². The molecule has 0 radical (unpaired) electrons. The van der Waals surface area contributed by atoms with Crippen molar-refractivity contribution in [3.63, 3.8) is 0 Å². The fourth-order valence-electron chi connectivity index (χ4n) is 8.32. The number of nitrogens with one attached hydrogen (secondary N) is 1. The summed E-state index contributed by atoms with van der Waals surface area (Å²) in [6.07, 6.45) is 7.44. The Kier molecular flexibility index (Phi) is 15.3. The lowest BCUT2D eigenvalue weighted by Gasteiger charge is -2.20. The van der Waals surface area contributed by atoms with Gasteiger partial charge in [-0.2, -0.15) is 0 Å². The lowest BCUT2D eigenvalue weighted by molar-refractivity contribution is -0.127. The van der Waals surface area contributed by atoms with E-state index in [0.29, 0.717) is 85.3 Å². The maximum absolute atomic E-state index is 13.4. The van der Waals surface area contributed by atoms with Gasteiger partial charge < -0.3 is 29.2 Å². The Bertz CT molecular complexity index is 2640. The van der Waals surface area contributed by atoms with Gasteiger partial charge in [0, 0.05) is 71.9 Å². The van der Waals surface area contributed by atoms with Gasteiger partial charge in [0.05, 0.1) is 65.6 Å². The monoisotopic (exact) mass is 952 g/mol. The summed E-state index contributed by atoms with van der Waals surface area (Å²) in [5.41, 5.74) is 4.41. The molecule has 2 saturated heterocycles. The molecular formula is C47H46Cl4F2N6O5. The van der Waals surface area contributed by atoms with Crippen LogP contribution in [0.5, 0.6) is 23.0 Å². The molecule has 2 aromatic heterocycles. The predicted molar refractivity (Wildman–Crippen MR) is 249 cm³/mol. The molecule has 2 fully saturated rings. The van der Waals surface area contributed by atoms with Crippen molar-refractivity contribution >= 4 is 74.1 Å². The molecule has 0 spiro atoms. The van der Waals surface area contributed by atoms with Crippen LogP contribution in [0.3, 0.4) is 0 Å². The number of carbonyl (C=O) groups excluding carboxylic acids is 1. The van der Waals surface area contributed by atoms with Gasteiger partial charge in [0.2, 0.25) is 5.91 Å². The van der Waals surface area contributed by atoms with Crippen LogP contribution in [-0.4, -0.2) is 97.7 Å². The van der Waals surface area contributed by atoms with Gasteiger partial charge in [-0.1, -0.05) is 65.1 Å². The van der Waals surface area contributed by atoms with Crippen molar-refractivity contribution in [1.29, 1.82) is 0 Å². The van der Waals surface area contributed by atoms with Crippen molar-refractivity contribution in [3.05, 3.63) is 105 Å². The quantitative estimate of drug-likeness (QED) is 0.112. The van der Waals surface area contributed by atoms with Crippen LogP contribution >= 0.6 is 46.4 Å². The van der Waals surface area contributed by atoms with Crippen molar-refractivity contribution in [3.8, 4) is 45.3 Å². The average Bonchev–Trinajstić information content (AvgIpc) is 3.95. The largest absolute Gasteiger partial charge is 0.495 e. The summed E-state index contributed by atoms with van der Waals surface area (Å²) in [4.78, 5) is 32.0. The third-order valence-electron chi connectivity index (χ3n) is 11.6. The van der Waals surface area contributed by atoms with Crippen LogP contribution in [0.15, 0.2) is 73.6 Å². The number of rotatable bonds is 13. The number of hydrogen-bond acceptors (Lipinski definition) is 10. The highest BCUT2D eigenvalue weighted by Crippen LogP contribution is 2.48. The van der Waals surface area contributed by atoms with Gasteiger partial charge in [0.1, 0.15) is 48.0 Å². The zero-order chi connectivity index (χ0) is 45.7. The minimum Gasteiger partial charge on any atom is -0.495 e. The van der Waals surface area contributed by atoms with Crippen LogP contribution in [0.1, 0.15) is 24.5 Å². The zero-order valence-corrected chi connectivity index (χ0v) is 38.6. The lowest BCUT2D eigenvalue weighted by atomic mass is 10.0. The first-order chi connectivity index (χ1) is 30.9. The fraction of sp³-hybridized carbons (Fsp3) is 0.340. The minimum absolute atomic E-state index is 0.0487. The average molecular weight is 955 g/mol. The molecule has 17 heteroatoms. The number of likely N-dealkylation sites (tertiary alicyclic amines) is 1. The second-order valence-corrected chi connectivity index (χ2v) is 17.1. The highest BCUT2D eigenvalue weighted by atomic mass is 35.5. The molecule has 0 unspecified atom stereocenters. The second-order valence-electron chi connectivity index (χ2n) is 15.6. The Morgan fingerprint density at radius 3 is 1.59 bits per heavy atom. The summed E-state index contributed by atoms with van der Waals surface area (Å²) in [6, 6.07) is 14.3. The third kappa shape index (κ3) is 9.94. The molecule has 1 amide bonds. The minimum atomic E-state index is -0.572. The van der Waals surface area contributed by atoms with E-state index in [1.54, 1.807) is 43.6 Å². The number of fused-ring (bicyclic) bond motifs is 2. The summed E-state index contributed by atoms with van der Waals surface area (Å²) in [5.74, 6) is 3.48. The topological polar surface area (TPSA) is 121 Å². The van der Waals surface area contributed by atoms with E-state index in [0.717, 1.165) is 58.1 Å². The molecule has 6 aromatic rings.